The van der Waals surface area contributed by atoms with Gasteiger partial charge in [0.1, 0.15) is 34.5 Å². The summed E-state index contributed by atoms with van der Waals surface area (Å²) in [5.74, 6) is 0.809. The van der Waals surface area contributed by atoms with Gasteiger partial charge in [0.15, 0.2) is 0 Å². The first-order valence-corrected chi connectivity index (χ1v) is 13.6. The van der Waals surface area contributed by atoms with Gasteiger partial charge >= 0.3 is 6.03 Å². The number of methoxy groups -OCH3 is 2. The Morgan fingerprint density at radius 2 is 1.72 bits per heavy atom. The fourth-order valence-corrected chi connectivity index (χ4v) is 4.47. The van der Waals surface area contributed by atoms with Gasteiger partial charge in [0, 0.05) is 57.0 Å². The van der Waals surface area contributed by atoms with Crippen LogP contribution in [0.1, 0.15) is 10.4 Å². The summed E-state index contributed by atoms with van der Waals surface area (Å²) < 4.78 is 10.5. The predicted octanol–water partition coefficient (Wildman–Crippen LogP) is 4.07. The van der Waals surface area contributed by atoms with Crippen molar-refractivity contribution in [1.29, 1.82) is 0 Å². The lowest BCUT2D eigenvalue weighted by Crippen LogP contribution is -2.47. The standard InChI is InChI=1S/C29H33ClN8O5/c1-6-26(39)34-21-13-18(28(40)38-11-9-36(2)10-12-38)7-8-20(21)33-24-16-25(32-17-31-24)37(3)29(41)35-22-14-19(42-4)15-23(43-5)27(22)30/h6-8,13-17H,1,9-12H2,2-5H3,(H,34,39)(H,35,41)(H,31,32,33). The molecule has 1 aromatic heterocycles. The monoisotopic (exact) mass is 608 g/mol. The van der Waals surface area contributed by atoms with Crippen LogP contribution in [0.15, 0.2) is 55.4 Å². The van der Waals surface area contributed by atoms with E-state index in [0.29, 0.717) is 47.3 Å². The molecule has 1 aliphatic rings. The van der Waals surface area contributed by atoms with Gasteiger partial charge < -0.3 is 35.2 Å². The van der Waals surface area contributed by atoms with E-state index in [9.17, 15) is 14.4 Å². The van der Waals surface area contributed by atoms with Gasteiger partial charge in [-0.15, -0.1) is 0 Å². The minimum atomic E-state index is -0.535. The molecule has 0 radical (unpaired) electrons. The summed E-state index contributed by atoms with van der Waals surface area (Å²) in [6.07, 6.45) is 2.43. The molecule has 13 nitrogen and oxygen atoms in total. The van der Waals surface area contributed by atoms with Crippen molar-refractivity contribution >= 4 is 58.1 Å². The normalized spacial score (nSPS) is 13.1. The zero-order valence-electron chi connectivity index (χ0n) is 24.3. The van der Waals surface area contributed by atoms with Gasteiger partial charge in [0.05, 0.1) is 31.3 Å². The number of likely N-dealkylation sites (N-methyl/N-ethyl adjacent to an activating group) is 1. The zero-order valence-corrected chi connectivity index (χ0v) is 25.1. The SMILES string of the molecule is C=CC(=O)Nc1cc(C(=O)N2CCN(C)CC2)ccc1Nc1cc(N(C)C(=O)Nc2cc(OC)cc(OC)c2Cl)ncn1. The number of aromatic nitrogens is 2. The molecule has 0 unspecified atom stereocenters. The minimum Gasteiger partial charge on any atom is -0.497 e. The van der Waals surface area contributed by atoms with Crippen LogP contribution in [0.25, 0.3) is 0 Å². The van der Waals surface area contributed by atoms with Crippen molar-refractivity contribution in [1.82, 2.24) is 19.8 Å². The van der Waals surface area contributed by atoms with E-state index in [2.05, 4.69) is 37.4 Å². The third kappa shape index (κ3) is 7.50. The first-order chi connectivity index (χ1) is 20.6. The van der Waals surface area contributed by atoms with Crippen LogP contribution >= 0.6 is 11.6 Å². The number of carbonyl (C=O) groups excluding carboxylic acids is 3. The molecule has 1 aliphatic heterocycles. The number of carbonyl (C=O) groups is 3. The maximum absolute atomic E-state index is 13.2. The molecule has 2 heterocycles. The summed E-state index contributed by atoms with van der Waals surface area (Å²) in [4.78, 5) is 52.1. The summed E-state index contributed by atoms with van der Waals surface area (Å²) in [6, 6.07) is 9.16. The number of urea groups is 1. The smallest absolute Gasteiger partial charge is 0.327 e. The van der Waals surface area contributed by atoms with E-state index in [1.54, 1.807) is 41.3 Å². The number of piperazine rings is 1. The van der Waals surface area contributed by atoms with Crippen LogP contribution in [0.3, 0.4) is 0 Å². The predicted molar refractivity (Wildman–Crippen MR) is 166 cm³/mol. The van der Waals surface area contributed by atoms with E-state index in [-0.39, 0.29) is 22.4 Å². The molecule has 1 fully saturated rings. The van der Waals surface area contributed by atoms with Gasteiger partial charge in [-0.1, -0.05) is 18.2 Å². The fourth-order valence-electron chi connectivity index (χ4n) is 4.24. The van der Waals surface area contributed by atoms with Crippen molar-refractivity contribution in [2.75, 3.05) is 75.3 Å². The number of halogens is 1. The minimum absolute atomic E-state index is 0.125. The van der Waals surface area contributed by atoms with Crippen molar-refractivity contribution in [3.63, 3.8) is 0 Å². The van der Waals surface area contributed by atoms with Crippen molar-refractivity contribution in [3.8, 4) is 11.5 Å². The first-order valence-electron chi connectivity index (χ1n) is 13.2. The van der Waals surface area contributed by atoms with E-state index in [4.69, 9.17) is 21.1 Å². The lowest BCUT2D eigenvalue weighted by Gasteiger charge is -2.32. The molecular weight excluding hydrogens is 576 g/mol. The largest absolute Gasteiger partial charge is 0.497 e. The molecular formula is C29H33ClN8O5. The molecule has 2 aromatic carbocycles. The van der Waals surface area contributed by atoms with Gasteiger partial charge in [0.2, 0.25) is 5.91 Å². The number of nitrogens with one attached hydrogen (secondary N) is 3. The van der Waals surface area contributed by atoms with Crippen LogP contribution < -0.4 is 30.3 Å². The summed E-state index contributed by atoms with van der Waals surface area (Å²) in [6.45, 7) is 6.32. The number of hydrogen-bond acceptors (Lipinski definition) is 9. The summed E-state index contributed by atoms with van der Waals surface area (Å²) in [5.41, 5.74) is 1.55. The van der Waals surface area contributed by atoms with Crippen molar-refractivity contribution in [2.45, 2.75) is 0 Å². The van der Waals surface area contributed by atoms with Crippen LogP contribution in [0.4, 0.5) is 33.5 Å². The molecule has 0 atom stereocenters. The van der Waals surface area contributed by atoms with Crippen molar-refractivity contribution in [2.24, 2.45) is 0 Å². The number of anilines is 5. The Bertz CT molecular complexity index is 1530. The topological polar surface area (TPSA) is 141 Å². The van der Waals surface area contributed by atoms with Gasteiger partial charge in [-0.05, 0) is 31.3 Å². The third-order valence-electron chi connectivity index (χ3n) is 6.77. The highest BCUT2D eigenvalue weighted by Crippen LogP contribution is 2.37. The number of rotatable bonds is 9. The Morgan fingerprint density at radius 1 is 0.977 bits per heavy atom. The van der Waals surface area contributed by atoms with Crippen molar-refractivity contribution < 1.29 is 23.9 Å². The molecule has 226 valence electrons. The molecule has 3 aromatic rings. The summed E-state index contributed by atoms with van der Waals surface area (Å²) in [5, 5.41) is 8.81. The second kappa shape index (κ2) is 13.9. The van der Waals surface area contributed by atoms with Gasteiger partial charge in [-0.25, -0.2) is 14.8 Å². The van der Waals surface area contributed by atoms with Crippen LogP contribution in [0.2, 0.25) is 5.02 Å². The first kappa shape index (κ1) is 31.1. The molecule has 4 rings (SSSR count). The maximum atomic E-state index is 13.2. The number of amides is 4. The maximum Gasteiger partial charge on any atom is 0.327 e. The number of nitrogens with zero attached hydrogens (tertiary/aromatic N) is 5. The lowest BCUT2D eigenvalue weighted by atomic mass is 10.1. The molecule has 0 bridgehead atoms. The van der Waals surface area contributed by atoms with E-state index < -0.39 is 11.9 Å². The summed E-state index contributed by atoms with van der Waals surface area (Å²) >= 11 is 6.38. The van der Waals surface area contributed by atoms with E-state index in [0.717, 1.165) is 19.2 Å². The third-order valence-corrected chi connectivity index (χ3v) is 7.16. The van der Waals surface area contributed by atoms with Crippen LogP contribution in [0, 0.1) is 0 Å². The second-order valence-corrected chi connectivity index (χ2v) is 9.99. The molecule has 3 N–H and O–H groups in total. The van der Waals surface area contributed by atoms with Crippen LogP contribution in [-0.4, -0.2) is 92.1 Å². The Hall–Kier alpha value is -4.88. The number of hydrogen-bond donors (Lipinski definition) is 3. The molecule has 14 heteroatoms. The molecule has 43 heavy (non-hydrogen) atoms. The van der Waals surface area contributed by atoms with E-state index in [1.165, 1.54) is 32.5 Å². The van der Waals surface area contributed by atoms with E-state index in [1.807, 2.05) is 7.05 Å². The molecule has 0 aliphatic carbocycles. The van der Waals surface area contributed by atoms with Gasteiger partial charge in [0.25, 0.3) is 5.91 Å². The zero-order chi connectivity index (χ0) is 31.1. The highest BCUT2D eigenvalue weighted by molar-refractivity contribution is 6.35. The van der Waals surface area contributed by atoms with Crippen LogP contribution in [-0.2, 0) is 4.79 Å². The molecule has 4 amide bonds. The molecule has 1 saturated heterocycles. The number of ether oxygens (including phenoxy) is 2. The highest BCUT2D eigenvalue weighted by atomic mass is 35.5. The Kier molecular flexibility index (Phi) is 10.0. The Balaban J connectivity index is 1.54. The van der Waals surface area contributed by atoms with Gasteiger partial charge in [-0.3, -0.25) is 14.5 Å². The highest BCUT2D eigenvalue weighted by Gasteiger charge is 2.22. The fraction of sp³-hybridized carbons (Fsp3) is 0.276. The Morgan fingerprint density at radius 3 is 2.40 bits per heavy atom. The summed E-state index contributed by atoms with van der Waals surface area (Å²) in [7, 11) is 6.49. The molecule has 0 saturated carbocycles. The van der Waals surface area contributed by atoms with Gasteiger partial charge in [-0.2, -0.15) is 0 Å². The second-order valence-electron chi connectivity index (χ2n) is 9.62. The average Bonchev–Trinajstić information content (AvgIpc) is 3.02. The Labute approximate surface area is 254 Å². The van der Waals surface area contributed by atoms with Crippen molar-refractivity contribution in [3.05, 3.63) is 66.0 Å². The average molecular weight is 609 g/mol. The quantitative estimate of drug-likeness (QED) is 0.307. The van der Waals surface area contributed by atoms with E-state index >= 15 is 0 Å². The van der Waals surface area contributed by atoms with Crippen LogP contribution in [0.5, 0.6) is 11.5 Å². The molecule has 0 spiro atoms. The lowest BCUT2D eigenvalue weighted by molar-refractivity contribution is -0.111. The number of benzene rings is 2.